The Morgan fingerprint density at radius 1 is 0.815 bits per heavy atom. The normalized spacial score (nSPS) is 12.6. The maximum atomic E-state index is 11.9. The summed E-state index contributed by atoms with van der Waals surface area (Å²) in [7, 11) is 0. The van der Waals surface area contributed by atoms with Crippen LogP contribution in [0, 0.1) is 5.92 Å². The Labute approximate surface area is 176 Å². The lowest BCUT2D eigenvalue weighted by molar-refractivity contribution is 0.00698. The van der Waals surface area contributed by atoms with Gasteiger partial charge in [0.1, 0.15) is 5.60 Å². The fourth-order valence-corrected chi connectivity index (χ4v) is 3.70. The predicted molar refractivity (Wildman–Crippen MR) is 122 cm³/mol. The van der Waals surface area contributed by atoms with Gasteiger partial charge in [0.25, 0.3) is 0 Å². The van der Waals surface area contributed by atoms with Gasteiger partial charge in [0.15, 0.2) is 0 Å². The molecule has 27 heavy (non-hydrogen) atoms. The molecule has 0 aliphatic carbocycles. The van der Waals surface area contributed by atoms with E-state index in [4.69, 9.17) is 0 Å². The largest absolute Gasteiger partial charge is 0.380 e. The van der Waals surface area contributed by atoms with E-state index in [1.165, 1.54) is 25.7 Å². The molecule has 0 aromatic heterocycles. The van der Waals surface area contributed by atoms with Crippen LogP contribution in [0.15, 0.2) is 60.7 Å². The highest BCUT2D eigenvalue weighted by molar-refractivity contribution is 8.93. The minimum Gasteiger partial charge on any atom is -0.380 e. The van der Waals surface area contributed by atoms with Gasteiger partial charge in [0, 0.05) is 12.5 Å². The molecule has 0 fully saturated rings. The van der Waals surface area contributed by atoms with Crippen LogP contribution in [0.1, 0.15) is 57.6 Å². The van der Waals surface area contributed by atoms with Gasteiger partial charge < -0.3 is 10.0 Å². The first-order chi connectivity index (χ1) is 12.6. The van der Waals surface area contributed by atoms with E-state index >= 15 is 0 Å². The summed E-state index contributed by atoms with van der Waals surface area (Å²) in [6, 6.07) is 20.3. The Bertz CT molecular complexity index is 569. The molecule has 2 aromatic rings. The number of hydrogen-bond acceptors (Lipinski definition) is 2. The van der Waals surface area contributed by atoms with Crippen molar-refractivity contribution in [3.8, 4) is 0 Å². The smallest absolute Gasteiger partial charge is 0.118 e. The summed E-state index contributed by atoms with van der Waals surface area (Å²) in [4.78, 5) is 2.54. The van der Waals surface area contributed by atoms with E-state index in [0.29, 0.717) is 0 Å². The number of unbranched alkanes of at least 4 members (excludes halogenated alkanes) is 2. The Balaban J connectivity index is 0.00000364. The minimum absolute atomic E-state index is 0. The molecule has 0 saturated heterocycles. The molecule has 1 N–H and O–H groups in total. The molecule has 1 unspecified atom stereocenters. The number of halogens is 1. The Morgan fingerprint density at radius 3 is 1.59 bits per heavy atom. The first-order valence-corrected chi connectivity index (χ1v) is 10.2. The molecule has 1 atom stereocenters. The lowest BCUT2D eigenvalue weighted by Crippen LogP contribution is -2.42. The van der Waals surface area contributed by atoms with E-state index < -0.39 is 5.60 Å². The molecular weight excluding hydrogens is 398 g/mol. The molecule has 0 spiro atoms. The average molecular weight is 434 g/mol. The third-order valence-corrected chi connectivity index (χ3v) is 5.33. The fraction of sp³-hybridized carbons (Fsp3) is 0.500. The van der Waals surface area contributed by atoms with Crippen LogP contribution in [-0.4, -0.2) is 29.6 Å². The van der Waals surface area contributed by atoms with Crippen LogP contribution in [0.4, 0.5) is 0 Å². The molecule has 0 bridgehead atoms. The average Bonchev–Trinajstić information content (AvgIpc) is 2.70. The Kier molecular flexibility index (Phi) is 10.9. The van der Waals surface area contributed by atoms with Crippen molar-refractivity contribution in [3.63, 3.8) is 0 Å². The van der Waals surface area contributed by atoms with E-state index in [0.717, 1.165) is 30.8 Å². The van der Waals surface area contributed by atoms with Crippen molar-refractivity contribution in [2.75, 3.05) is 19.6 Å². The molecular formula is C24H36BrNO. The van der Waals surface area contributed by atoms with Crippen molar-refractivity contribution in [2.45, 2.75) is 52.1 Å². The van der Waals surface area contributed by atoms with Crippen LogP contribution >= 0.6 is 17.0 Å². The second-order valence-corrected chi connectivity index (χ2v) is 7.41. The van der Waals surface area contributed by atoms with E-state index in [1.54, 1.807) is 0 Å². The summed E-state index contributed by atoms with van der Waals surface area (Å²) < 4.78 is 0. The summed E-state index contributed by atoms with van der Waals surface area (Å²) in [6.07, 6.45) is 4.84. The number of rotatable bonds is 11. The Hall–Kier alpha value is -1.16. The quantitative estimate of drug-likeness (QED) is 0.466. The zero-order valence-electron chi connectivity index (χ0n) is 17.1. The molecule has 0 radical (unpaired) electrons. The lowest BCUT2D eigenvalue weighted by Gasteiger charge is -2.38. The summed E-state index contributed by atoms with van der Waals surface area (Å²) in [5.74, 6) is 0.0982. The molecule has 0 aliphatic heterocycles. The molecule has 0 amide bonds. The van der Waals surface area contributed by atoms with Crippen LogP contribution in [0.5, 0.6) is 0 Å². The van der Waals surface area contributed by atoms with E-state index in [2.05, 4.69) is 25.7 Å². The first-order valence-electron chi connectivity index (χ1n) is 10.2. The van der Waals surface area contributed by atoms with Crippen molar-refractivity contribution in [1.29, 1.82) is 0 Å². The zero-order chi connectivity index (χ0) is 18.8. The summed E-state index contributed by atoms with van der Waals surface area (Å²) >= 11 is 0. The van der Waals surface area contributed by atoms with E-state index in [-0.39, 0.29) is 22.9 Å². The van der Waals surface area contributed by atoms with Gasteiger partial charge in [0.05, 0.1) is 0 Å². The topological polar surface area (TPSA) is 23.5 Å². The third-order valence-electron chi connectivity index (χ3n) is 5.33. The van der Waals surface area contributed by atoms with Crippen LogP contribution in [0.25, 0.3) is 0 Å². The number of hydrogen-bond donors (Lipinski definition) is 1. The maximum absolute atomic E-state index is 11.9. The van der Waals surface area contributed by atoms with Crippen LogP contribution in [-0.2, 0) is 5.60 Å². The summed E-state index contributed by atoms with van der Waals surface area (Å²) in [6.45, 7) is 9.80. The molecule has 0 heterocycles. The van der Waals surface area contributed by atoms with E-state index in [9.17, 15) is 5.11 Å². The van der Waals surface area contributed by atoms with E-state index in [1.807, 2.05) is 60.7 Å². The number of benzene rings is 2. The highest BCUT2D eigenvalue weighted by Crippen LogP contribution is 2.37. The van der Waals surface area contributed by atoms with Crippen LogP contribution < -0.4 is 0 Å². The summed E-state index contributed by atoms with van der Waals surface area (Å²) in [5.41, 5.74) is 0.980. The van der Waals surface area contributed by atoms with Gasteiger partial charge in [-0.25, -0.2) is 0 Å². The van der Waals surface area contributed by atoms with Crippen LogP contribution in [0.3, 0.4) is 0 Å². The van der Waals surface area contributed by atoms with Gasteiger partial charge in [-0.2, -0.15) is 0 Å². The lowest BCUT2D eigenvalue weighted by atomic mass is 9.76. The van der Waals surface area contributed by atoms with Gasteiger partial charge in [0.2, 0.25) is 0 Å². The second-order valence-electron chi connectivity index (χ2n) is 7.41. The second kappa shape index (κ2) is 12.3. The molecule has 2 nitrogen and oxygen atoms in total. The molecule has 0 saturated carbocycles. The number of nitrogens with zero attached hydrogens (tertiary/aromatic N) is 1. The highest BCUT2D eigenvalue weighted by atomic mass is 79.9. The van der Waals surface area contributed by atoms with Gasteiger partial charge >= 0.3 is 0 Å². The van der Waals surface area contributed by atoms with Gasteiger partial charge in [-0.05, 0) is 37.1 Å². The van der Waals surface area contributed by atoms with Crippen molar-refractivity contribution < 1.29 is 5.11 Å². The monoisotopic (exact) mass is 433 g/mol. The van der Waals surface area contributed by atoms with Gasteiger partial charge in [-0.1, -0.05) is 94.3 Å². The van der Waals surface area contributed by atoms with Crippen molar-refractivity contribution in [3.05, 3.63) is 71.8 Å². The van der Waals surface area contributed by atoms with Gasteiger partial charge in [-0.3, -0.25) is 0 Å². The molecule has 150 valence electrons. The predicted octanol–water partition coefficient (Wildman–Crippen LogP) is 6.04. The maximum Gasteiger partial charge on any atom is 0.118 e. The van der Waals surface area contributed by atoms with Crippen molar-refractivity contribution in [1.82, 2.24) is 4.90 Å². The first kappa shape index (κ1) is 23.9. The summed E-state index contributed by atoms with van der Waals surface area (Å²) in [5, 5.41) is 11.9. The molecule has 0 aliphatic rings. The van der Waals surface area contributed by atoms with Crippen LogP contribution in [0.2, 0.25) is 0 Å². The third kappa shape index (κ3) is 6.44. The molecule has 2 aromatic carbocycles. The Morgan fingerprint density at radius 2 is 1.22 bits per heavy atom. The molecule has 2 rings (SSSR count). The van der Waals surface area contributed by atoms with Gasteiger partial charge in [-0.15, -0.1) is 17.0 Å². The minimum atomic E-state index is -0.973. The van der Waals surface area contributed by atoms with Crippen molar-refractivity contribution >= 4 is 17.0 Å². The zero-order valence-corrected chi connectivity index (χ0v) is 18.8. The fourth-order valence-electron chi connectivity index (χ4n) is 3.70. The SMILES string of the molecule is Br.CCCCN(CCCC)CC(C)C(O)(c1ccccc1)c1ccccc1. The highest BCUT2D eigenvalue weighted by Gasteiger charge is 2.38. The standard InChI is InChI=1S/C24H35NO.BrH/c1-4-6-18-25(19-7-5-2)20-21(3)24(26,22-14-10-8-11-15-22)23-16-12-9-13-17-23;/h8-17,21,26H,4-7,18-20H2,1-3H3;1H. The molecule has 3 heteroatoms. The van der Waals surface area contributed by atoms with Crippen molar-refractivity contribution in [2.24, 2.45) is 5.92 Å². The number of aliphatic hydroxyl groups is 1.